The standard InChI is InChI=1S/C12H13ClO2/c13-10-6-2-1-4-8(10)9-5-3-7-11(14)12(9)15/h1-2,4,6,9,11,14H,3,5,7H2/t9-,11-/m0/s1. The fourth-order valence-electron chi connectivity index (χ4n) is 2.10. The topological polar surface area (TPSA) is 37.3 Å². The number of carbonyl (C=O) groups is 1. The number of hydrogen-bond donors (Lipinski definition) is 1. The Kier molecular flexibility index (Phi) is 3.08. The molecule has 1 aromatic carbocycles. The Morgan fingerprint density at radius 1 is 1.27 bits per heavy atom. The van der Waals surface area contributed by atoms with Crippen LogP contribution in [0, 0.1) is 0 Å². The maximum absolute atomic E-state index is 11.8. The quantitative estimate of drug-likeness (QED) is 0.796. The van der Waals surface area contributed by atoms with Gasteiger partial charge in [-0.1, -0.05) is 29.8 Å². The summed E-state index contributed by atoms with van der Waals surface area (Å²) in [7, 11) is 0. The second-order valence-electron chi connectivity index (χ2n) is 3.92. The Bertz CT molecular complexity index is 376. The Balaban J connectivity index is 2.30. The molecule has 0 amide bonds. The van der Waals surface area contributed by atoms with Gasteiger partial charge in [-0.3, -0.25) is 4.79 Å². The lowest BCUT2D eigenvalue weighted by Gasteiger charge is -2.25. The van der Waals surface area contributed by atoms with Crippen molar-refractivity contribution in [1.82, 2.24) is 0 Å². The third-order valence-corrected chi connectivity index (χ3v) is 3.27. The fourth-order valence-corrected chi connectivity index (χ4v) is 2.37. The lowest BCUT2D eigenvalue weighted by atomic mass is 9.81. The van der Waals surface area contributed by atoms with E-state index in [4.69, 9.17) is 11.6 Å². The molecule has 1 N–H and O–H groups in total. The number of rotatable bonds is 1. The van der Waals surface area contributed by atoms with Crippen molar-refractivity contribution in [3.63, 3.8) is 0 Å². The number of aliphatic hydroxyl groups excluding tert-OH is 1. The van der Waals surface area contributed by atoms with E-state index >= 15 is 0 Å². The van der Waals surface area contributed by atoms with Gasteiger partial charge >= 0.3 is 0 Å². The molecule has 0 aliphatic heterocycles. The van der Waals surface area contributed by atoms with E-state index < -0.39 is 6.10 Å². The molecule has 0 saturated heterocycles. The van der Waals surface area contributed by atoms with Gasteiger partial charge < -0.3 is 5.11 Å². The van der Waals surface area contributed by atoms with Crippen molar-refractivity contribution < 1.29 is 9.90 Å². The number of ketones is 1. The van der Waals surface area contributed by atoms with Crippen LogP contribution in [-0.4, -0.2) is 17.0 Å². The summed E-state index contributed by atoms with van der Waals surface area (Å²) in [5.41, 5.74) is 0.850. The minimum absolute atomic E-state index is 0.0886. The van der Waals surface area contributed by atoms with Crippen LogP contribution in [0.15, 0.2) is 24.3 Å². The Morgan fingerprint density at radius 2 is 2.00 bits per heavy atom. The summed E-state index contributed by atoms with van der Waals surface area (Å²) in [6, 6.07) is 7.36. The van der Waals surface area contributed by atoms with Crippen molar-refractivity contribution in [3.8, 4) is 0 Å². The number of hydrogen-bond acceptors (Lipinski definition) is 2. The van der Waals surface area contributed by atoms with Gasteiger partial charge in [0.2, 0.25) is 0 Å². The highest BCUT2D eigenvalue weighted by Crippen LogP contribution is 2.33. The van der Waals surface area contributed by atoms with Crippen molar-refractivity contribution in [2.75, 3.05) is 0 Å². The van der Waals surface area contributed by atoms with E-state index in [2.05, 4.69) is 0 Å². The molecule has 2 atom stereocenters. The number of Topliss-reactive ketones (excluding diaryl/α,β-unsaturated/α-hetero) is 1. The zero-order valence-corrected chi connectivity index (χ0v) is 9.07. The molecule has 1 aliphatic rings. The average molecular weight is 225 g/mol. The van der Waals surface area contributed by atoms with Gasteiger partial charge in [0, 0.05) is 10.9 Å². The van der Waals surface area contributed by atoms with E-state index in [9.17, 15) is 9.90 Å². The van der Waals surface area contributed by atoms with Gasteiger partial charge in [-0.25, -0.2) is 0 Å². The van der Waals surface area contributed by atoms with Gasteiger partial charge in [-0.2, -0.15) is 0 Å². The first kappa shape index (κ1) is 10.7. The van der Waals surface area contributed by atoms with Crippen LogP contribution in [0.4, 0.5) is 0 Å². The highest BCUT2D eigenvalue weighted by atomic mass is 35.5. The van der Waals surface area contributed by atoms with Crippen LogP contribution in [0.2, 0.25) is 5.02 Å². The predicted octanol–water partition coefficient (Wildman–Crippen LogP) is 2.54. The molecule has 0 heterocycles. The number of carbonyl (C=O) groups excluding carboxylic acids is 1. The molecule has 1 aliphatic carbocycles. The first-order valence-electron chi connectivity index (χ1n) is 5.16. The smallest absolute Gasteiger partial charge is 0.168 e. The van der Waals surface area contributed by atoms with Crippen LogP contribution < -0.4 is 0 Å². The molecule has 2 rings (SSSR count). The third kappa shape index (κ3) is 2.06. The normalized spacial score (nSPS) is 26.7. The van der Waals surface area contributed by atoms with Gasteiger partial charge in [0.05, 0.1) is 0 Å². The Morgan fingerprint density at radius 3 is 2.73 bits per heavy atom. The van der Waals surface area contributed by atoms with E-state index in [1.165, 1.54) is 0 Å². The van der Waals surface area contributed by atoms with E-state index in [0.29, 0.717) is 11.4 Å². The lowest BCUT2D eigenvalue weighted by Crippen LogP contribution is -2.31. The van der Waals surface area contributed by atoms with E-state index in [-0.39, 0.29) is 11.7 Å². The van der Waals surface area contributed by atoms with Crippen molar-refractivity contribution in [1.29, 1.82) is 0 Å². The molecular formula is C12H13ClO2. The molecule has 2 nitrogen and oxygen atoms in total. The second-order valence-corrected chi connectivity index (χ2v) is 4.33. The minimum atomic E-state index is -0.806. The van der Waals surface area contributed by atoms with Gasteiger partial charge in [0.1, 0.15) is 6.10 Å². The number of benzene rings is 1. The molecule has 0 spiro atoms. The molecule has 1 saturated carbocycles. The molecule has 0 bridgehead atoms. The van der Waals surface area contributed by atoms with Crippen molar-refractivity contribution in [2.45, 2.75) is 31.3 Å². The predicted molar refractivity (Wildman–Crippen MR) is 59.1 cm³/mol. The lowest BCUT2D eigenvalue weighted by molar-refractivity contribution is -0.131. The largest absolute Gasteiger partial charge is 0.385 e. The highest BCUT2D eigenvalue weighted by molar-refractivity contribution is 6.31. The summed E-state index contributed by atoms with van der Waals surface area (Å²) in [5.74, 6) is -0.309. The van der Waals surface area contributed by atoms with Crippen LogP contribution in [0.5, 0.6) is 0 Å². The Labute approximate surface area is 93.9 Å². The summed E-state index contributed by atoms with van der Waals surface area (Å²) in [5, 5.41) is 10.1. The molecule has 0 aromatic heterocycles. The van der Waals surface area contributed by atoms with E-state index in [0.717, 1.165) is 18.4 Å². The van der Waals surface area contributed by atoms with Gasteiger partial charge in [-0.05, 0) is 30.9 Å². The molecule has 80 valence electrons. The summed E-state index contributed by atoms with van der Waals surface area (Å²) < 4.78 is 0. The van der Waals surface area contributed by atoms with Crippen molar-refractivity contribution >= 4 is 17.4 Å². The number of halogens is 1. The average Bonchev–Trinajstić information content (AvgIpc) is 2.23. The number of aliphatic hydroxyl groups is 1. The summed E-state index contributed by atoms with van der Waals surface area (Å²) in [4.78, 5) is 11.8. The second kappa shape index (κ2) is 4.33. The summed E-state index contributed by atoms with van der Waals surface area (Å²) in [6.07, 6.45) is 1.45. The van der Waals surface area contributed by atoms with Crippen LogP contribution in [0.1, 0.15) is 30.7 Å². The molecule has 3 heteroatoms. The zero-order valence-electron chi connectivity index (χ0n) is 8.32. The van der Waals surface area contributed by atoms with Gasteiger partial charge in [-0.15, -0.1) is 0 Å². The SMILES string of the molecule is O=C1[C@H](c2ccccc2Cl)CCC[C@@H]1O. The fraction of sp³-hybridized carbons (Fsp3) is 0.417. The van der Waals surface area contributed by atoms with E-state index in [1.54, 1.807) is 6.07 Å². The maximum Gasteiger partial charge on any atom is 0.168 e. The first-order chi connectivity index (χ1) is 7.20. The van der Waals surface area contributed by atoms with Gasteiger partial charge in [0.25, 0.3) is 0 Å². The zero-order chi connectivity index (χ0) is 10.8. The van der Waals surface area contributed by atoms with Crippen molar-refractivity contribution in [3.05, 3.63) is 34.9 Å². The molecule has 0 unspecified atom stereocenters. The monoisotopic (exact) mass is 224 g/mol. The highest BCUT2D eigenvalue weighted by Gasteiger charge is 2.31. The maximum atomic E-state index is 11.8. The van der Waals surface area contributed by atoms with Crippen LogP contribution in [0.3, 0.4) is 0 Å². The molecular weight excluding hydrogens is 212 g/mol. The first-order valence-corrected chi connectivity index (χ1v) is 5.54. The minimum Gasteiger partial charge on any atom is -0.385 e. The van der Waals surface area contributed by atoms with Gasteiger partial charge in [0.15, 0.2) is 5.78 Å². The molecule has 1 fully saturated rings. The molecule has 15 heavy (non-hydrogen) atoms. The van der Waals surface area contributed by atoms with Crippen LogP contribution in [0.25, 0.3) is 0 Å². The van der Waals surface area contributed by atoms with Crippen LogP contribution in [-0.2, 0) is 4.79 Å². The molecule has 1 aromatic rings. The molecule has 0 radical (unpaired) electrons. The van der Waals surface area contributed by atoms with Crippen LogP contribution >= 0.6 is 11.6 Å². The van der Waals surface area contributed by atoms with E-state index in [1.807, 2.05) is 18.2 Å². The van der Waals surface area contributed by atoms with Crippen molar-refractivity contribution in [2.24, 2.45) is 0 Å². The summed E-state index contributed by atoms with van der Waals surface area (Å²) >= 11 is 6.04. The third-order valence-electron chi connectivity index (χ3n) is 2.92. The summed E-state index contributed by atoms with van der Waals surface area (Å²) in [6.45, 7) is 0. The Hall–Kier alpha value is -0.860.